The summed E-state index contributed by atoms with van der Waals surface area (Å²) in [5.74, 6) is 2.85. The summed E-state index contributed by atoms with van der Waals surface area (Å²) < 4.78 is 0. The number of aryl methyl sites for hydroxylation is 1. The van der Waals surface area contributed by atoms with Crippen LogP contribution in [0, 0.1) is 24.7 Å². The van der Waals surface area contributed by atoms with Crippen molar-refractivity contribution in [3.05, 3.63) is 29.6 Å². The molecule has 0 bridgehead atoms. The molecule has 0 radical (unpaired) electrons. The highest BCUT2D eigenvalue weighted by molar-refractivity contribution is 5.24. The average molecular weight is 258 g/mol. The minimum atomic E-state index is 0.542. The zero-order chi connectivity index (χ0) is 13.2. The lowest BCUT2D eigenvalue weighted by Gasteiger charge is -2.19. The Balaban J connectivity index is 1.78. The summed E-state index contributed by atoms with van der Waals surface area (Å²) in [6, 6.07) is 2.87. The standard InChI is InChI=1S/C17H26N2/c1-3-8-19-17(13-9-12(2)10-18-11-13)16-14-6-4-5-7-15(14)16/h9-11,14-17,19H,3-8H2,1-2H3. The first-order valence-electron chi connectivity index (χ1n) is 7.96. The van der Waals surface area contributed by atoms with E-state index in [4.69, 9.17) is 0 Å². The highest BCUT2D eigenvalue weighted by atomic mass is 14.9. The first-order valence-corrected chi connectivity index (χ1v) is 7.96. The molecule has 3 unspecified atom stereocenters. The summed E-state index contributed by atoms with van der Waals surface area (Å²) in [6.07, 6.45) is 11.1. The van der Waals surface area contributed by atoms with Crippen LogP contribution in [0.25, 0.3) is 0 Å². The predicted molar refractivity (Wildman–Crippen MR) is 78.9 cm³/mol. The van der Waals surface area contributed by atoms with E-state index in [-0.39, 0.29) is 0 Å². The summed E-state index contributed by atoms with van der Waals surface area (Å²) in [6.45, 7) is 5.51. The van der Waals surface area contributed by atoms with Crippen LogP contribution >= 0.6 is 0 Å². The van der Waals surface area contributed by atoms with Gasteiger partial charge in [0.05, 0.1) is 0 Å². The molecule has 0 spiro atoms. The Kier molecular flexibility index (Phi) is 3.88. The molecule has 1 N–H and O–H groups in total. The van der Waals surface area contributed by atoms with Crippen molar-refractivity contribution >= 4 is 0 Å². The molecule has 1 heterocycles. The zero-order valence-corrected chi connectivity index (χ0v) is 12.2. The molecule has 1 aromatic rings. The van der Waals surface area contributed by atoms with Crippen LogP contribution in [0.3, 0.4) is 0 Å². The van der Waals surface area contributed by atoms with Crippen LogP contribution in [0.1, 0.15) is 56.2 Å². The van der Waals surface area contributed by atoms with E-state index in [1.807, 2.05) is 6.20 Å². The Bertz CT molecular complexity index is 417. The van der Waals surface area contributed by atoms with E-state index in [1.165, 1.54) is 43.2 Å². The molecular formula is C17H26N2. The Labute approximate surface area is 117 Å². The number of rotatable bonds is 5. The van der Waals surface area contributed by atoms with Crippen molar-refractivity contribution < 1.29 is 0 Å². The van der Waals surface area contributed by atoms with Crippen LogP contribution in [0.5, 0.6) is 0 Å². The lowest BCUT2D eigenvalue weighted by Crippen LogP contribution is -2.25. The van der Waals surface area contributed by atoms with Crippen molar-refractivity contribution in [2.75, 3.05) is 6.54 Å². The summed E-state index contributed by atoms with van der Waals surface area (Å²) in [5.41, 5.74) is 2.69. The number of pyridine rings is 1. The van der Waals surface area contributed by atoms with Gasteiger partial charge < -0.3 is 5.32 Å². The van der Waals surface area contributed by atoms with Crippen LogP contribution in [0.2, 0.25) is 0 Å². The zero-order valence-electron chi connectivity index (χ0n) is 12.2. The van der Waals surface area contributed by atoms with Gasteiger partial charge in [0, 0.05) is 18.4 Å². The highest BCUT2D eigenvalue weighted by Crippen LogP contribution is 2.60. The van der Waals surface area contributed by atoms with E-state index in [0.717, 1.165) is 24.3 Å². The molecule has 0 saturated heterocycles. The molecule has 0 aromatic carbocycles. The maximum Gasteiger partial charge on any atom is 0.0369 e. The third kappa shape index (κ3) is 2.69. The summed E-state index contributed by atoms with van der Waals surface area (Å²) in [7, 11) is 0. The fourth-order valence-electron chi connectivity index (χ4n) is 4.07. The largest absolute Gasteiger partial charge is 0.310 e. The second-order valence-corrected chi connectivity index (χ2v) is 6.42. The Morgan fingerprint density at radius 3 is 2.63 bits per heavy atom. The lowest BCUT2D eigenvalue weighted by atomic mass is 10.00. The van der Waals surface area contributed by atoms with Crippen LogP contribution in [-0.4, -0.2) is 11.5 Å². The Morgan fingerprint density at radius 1 is 1.26 bits per heavy atom. The van der Waals surface area contributed by atoms with Crippen molar-refractivity contribution in [1.82, 2.24) is 10.3 Å². The molecule has 0 aliphatic heterocycles. The number of aromatic nitrogens is 1. The third-order valence-electron chi connectivity index (χ3n) is 4.98. The molecule has 2 aliphatic rings. The monoisotopic (exact) mass is 258 g/mol. The molecule has 2 fully saturated rings. The van der Waals surface area contributed by atoms with E-state index in [1.54, 1.807) is 0 Å². The first kappa shape index (κ1) is 13.1. The van der Waals surface area contributed by atoms with Crippen molar-refractivity contribution in [3.63, 3.8) is 0 Å². The highest BCUT2D eigenvalue weighted by Gasteiger charge is 2.54. The molecule has 19 heavy (non-hydrogen) atoms. The van der Waals surface area contributed by atoms with Crippen LogP contribution in [0.15, 0.2) is 18.5 Å². The molecule has 104 valence electrons. The van der Waals surface area contributed by atoms with Gasteiger partial charge in [-0.1, -0.05) is 25.8 Å². The minimum Gasteiger partial charge on any atom is -0.310 e. The average Bonchev–Trinajstić information content (AvgIpc) is 3.14. The fraction of sp³-hybridized carbons (Fsp3) is 0.706. The SMILES string of the molecule is CCCNC(c1cncc(C)c1)C1C2CCCCC21. The van der Waals surface area contributed by atoms with Crippen molar-refractivity contribution in [3.8, 4) is 0 Å². The van der Waals surface area contributed by atoms with Gasteiger partial charge in [-0.3, -0.25) is 4.98 Å². The van der Waals surface area contributed by atoms with Gasteiger partial charge in [-0.25, -0.2) is 0 Å². The lowest BCUT2D eigenvalue weighted by molar-refractivity contribution is 0.444. The van der Waals surface area contributed by atoms with Crippen molar-refractivity contribution in [1.29, 1.82) is 0 Å². The van der Waals surface area contributed by atoms with E-state index in [2.05, 4.69) is 36.4 Å². The van der Waals surface area contributed by atoms with Gasteiger partial charge in [0.2, 0.25) is 0 Å². The number of nitrogens with one attached hydrogen (secondary N) is 1. The normalized spacial score (nSPS) is 30.7. The molecule has 2 saturated carbocycles. The number of fused-ring (bicyclic) bond motifs is 1. The molecule has 0 amide bonds. The molecule has 1 aromatic heterocycles. The van der Waals surface area contributed by atoms with E-state index in [9.17, 15) is 0 Å². The second kappa shape index (κ2) is 5.62. The molecule has 3 atom stereocenters. The molecule has 2 heteroatoms. The fourth-order valence-corrected chi connectivity index (χ4v) is 4.07. The quantitative estimate of drug-likeness (QED) is 0.867. The maximum atomic E-state index is 4.40. The van der Waals surface area contributed by atoms with E-state index < -0.39 is 0 Å². The smallest absolute Gasteiger partial charge is 0.0369 e. The Hall–Kier alpha value is -0.890. The molecular weight excluding hydrogens is 232 g/mol. The molecule has 2 aliphatic carbocycles. The first-order chi connectivity index (χ1) is 9.31. The van der Waals surface area contributed by atoms with Gasteiger partial charge in [0.15, 0.2) is 0 Å². The van der Waals surface area contributed by atoms with Gasteiger partial charge in [0.1, 0.15) is 0 Å². The van der Waals surface area contributed by atoms with Gasteiger partial charge in [0.25, 0.3) is 0 Å². The number of hydrogen-bond acceptors (Lipinski definition) is 2. The Morgan fingerprint density at radius 2 is 2.00 bits per heavy atom. The second-order valence-electron chi connectivity index (χ2n) is 6.42. The maximum absolute atomic E-state index is 4.40. The number of nitrogens with zero attached hydrogens (tertiary/aromatic N) is 1. The van der Waals surface area contributed by atoms with E-state index in [0.29, 0.717) is 6.04 Å². The van der Waals surface area contributed by atoms with Crippen LogP contribution in [0.4, 0.5) is 0 Å². The summed E-state index contributed by atoms with van der Waals surface area (Å²) in [4.78, 5) is 4.40. The summed E-state index contributed by atoms with van der Waals surface area (Å²) >= 11 is 0. The van der Waals surface area contributed by atoms with Gasteiger partial charge >= 0.3 is 0 Å². The van der Waals surface area contributed by atoms with Crippen LogP contribution in [-0.2, 0) is 0 Å². The van der Waals surface area contributed by atoms with Gasteiger partial charge in [-0.05, 0) is 61.6 Å². The van der Waals surface area contributed by atoms with E-state index >= 15 is 0 Å². The topological polar surface area (TPSA) is 24.9 Å². The van der Waals surface area contributed by atoms with Crippen molar-refractivity contribution in [2.24, 2.45) is 17.8 Å². The van der Waals surface area contributed by atoms with Gasteiger partial charge in [-0.15, -0.1) is 0 Å². The van der Waals surface area contributed by atoms with Gasteiger partial charge in [-0.2, -0.15) is 0 Å². The molecule has 3 rings (SSSR count). The van der Waals surface area contributed by atoms with Crippen molar-refractivity contribution in [2.45, 2.75) is 52.0 Å². The predicted octanol–water partition coefficient (Wildman–Crippen LogP) is 3.87. The summed E-state index contributed by atoms with van der Waals surface area (Å²) in [5, 5.41) is 3.79. The number of hydrogen-bond donors (Lipinski definition) is 1. The minimum absolute atomic E-state index is 0.542. The van der Waals surface area contributed by atoms with Crippen LogP contribution < -0.4 is 5.32 Å². The molecule has 2 nitrogen and oxygen atoms in total. The third-order valence-corrected chi connectivity index (χ3v) is 4.98.